The SMILES string of the molecule is CCCN(CCCl)C(=O)C(C(F)(F)F)C(F)(F)F. The van der Waals surface area contributed by atoms with Crippen LogP contribution in [0.3, 0.4) is 0 Å². The van der Waals surface area contributed by atoms with Gasteiger partial charge in [0.1, 0.15) is 0 Å². The Balaban J connectivity index is 5.17. The van der Waals surface area contributed by atoms with Gasteiger partial charge in [-0.1, -0.05) is 6.92 Å². The molecule has 1 amide bonds. The van der Waals surface area contributed by atoms with E-state index in [0.29, 0.717) is 4.90 Å². The van der Waals surface area contributed by atoms with Gasteiger partial charge in [0.2, 0.25) is 11.8 Å². The van der Waals surface area contributed by atoms with Crippen molar-refractivity contribution in [1.82, 2.24) is 4.90 Å². The number of carbonyl (C=O) groups excluding carboxylic acids is 1. The molecule has 18 heavy (non-hydrogen) atoms. The summed E-state index contributed by atoms with van der Waals surface area (Å²) in [6.45, 7) is 0.982. The largest absolute Gasteiger partial charge is 0.409 e. The first-order chi connectivity index (χ1) is 8.05. The monoisotopic (exact) mass is 299 g/mol. The Kier molecular flexibility index (Phi) is 6.25. The van der Waals surface area contributed by atoms with Crippen LogP contribution in [0.4, 0.5) is 26.3 Å². The second kappa shape index (κ2) is 6.49. The highest BCUT2D eigenvalue weighted by Crippen LogP contribution is 2.40. The van der Waals surface area contributed by atoms with Crippen LogP contribution in [0.2, 0.25) is 0 Å². The summed E-state index contributed by atoms with van der Waals surface area (Å²) in [6, 6.07) is 0. The molecule has 0 aromatic carbocycles. The fraction of sp³-hybridized carbons (Fsp3) is 0.889. The van der Waals surface area contributed by atoms with Crippen molar-refractivity contribution in [2.45, 2.75) is 25.7 Å². The molecule has 0 bridgehead atoms. The molecule has 9 heteroatoms. The number of alkyl halides is 7. The average molecular weight is 300 g/mol. The van der Waals surface area contributed by atoms with Crippen LogP contribution >= 0.6 is 11.6 Å². The molecular formula is C9H12ClF6NO. The van der Waals surface area contributed by atoms with Crippen molar-refractivity contribution in [2.24, 2.45) is 5.92 Å². The highest BCUT2D eigenvalue weighted by molar-refractivity contribution is 6.18. The zero-order chi connectivity index (χ0) is 14.6. The number of hydrogen-bond donors (Lipinski definition) is 0. The molecule has 0 aliphatic carbocycles. The Hall–Kier alpha value is -0.660. The number of carbonyl (C=O) groups is 1. The lowest BCUT2D eigenvalue weighted by Gasteiger charge is -2.28. The molecule has 0 saturated carbocycles. The van der Waals surface area contributed by atoms with Crippen LogP contribution in [0.25, 0.3) is 0 Å². The summed E-state index contributed by atoms with van der Waals surface area (Å²) < 4.78 is 73.8. The van der Waals surface area contributed by atoms with Crippen molar-refractivity contribution in [2.75, 3.05) is 19.0 Å². The maximum atomic E-state index is 12.3. The molecule has 0 rings (SSSR count). The molecule has 0 aliphatic heterocycles. The van der Waals surface area contributed by atoms with Gasteiger partial charge in [-0.25, -0.2) is 0 Å². The summed E-state index contributed by atoms with van der Waals surface area (Å²) in [4.78, 5) is 11.8. The first kappa shape index (κ1) is 17.3. The van der Waals surface area contributed by atoms with E-state index in [-0.39, 0.29) is 25.4 Å². The van der Waals surface area contributed by atoms with E-state index in [1.54, 1.807) is 0 Å². The first-order valence-electron chi connectivity index (χ1n) is 5.03. The van der Waals surface area contributed by atoms with Gasteiger partial charge in [0, 0.05) is 19.0 Å². The van der Waals surface area contributed by atoms with Crippen molar-refractivity contribution in [3.8, 4) is 0 Å². The highest BCUT2D eigenvalue weighted by Gasteiger charge is 2.61. The fourth-order valence-corrected chi connectivity index (χ4v) is 1.56. The Bertz CT molecular complexity index is 257. The average Bonchev–Trinajstić information content (AvgIpc) is 2.12. The first-order valence-corrected chi connectivity index (χ1v) is 5.57. The molecule has 108 valence electrons. The van der Waals surface area contributed by atoms with Crippen LogP contribution in [-0.4, -0.2) is 42.1 Å². The molecule has 0 aliphatic rings. The summed E-state index contributed by atoms with van der Waals surface area (Å²) in [6.07, 6.45) is -11.1. The molecule has 0 aromatic heterocycles. The van der Waals surface area contributed by atoms with Crippen molar-refractivity contribution in [3.63, 3.8) is 0 Å². The van der Waals surface area contributed by atoms with Gasteiger partial charge in [-0.15, -0.1) is 11.6 Å². The second-order valence-electron chi connectivity index (χ2n) is 3.53. The lowest BCUT2D eigenvalue weighted by atomic mass is 10.1. The normalized spacial score (nSPS) is 12.9. The van der Waals surface area contributed by atoms with Crippen LogP contribution in [-0.2, 0) is 4.79 Å². The zero-order valence-corrected chi connectivity index (χ0v) is 10.2. The van der Waals surface area contributed by atoms with Crippen molar-refractivity contribution in [3.05, 3.63) is 0 Å². The molecule has 0 atom stereocenters. The lowest BCUT2D eigenvalue weighted by Crippen LogP contribution is -2.50. The van der Waals surface area contributed by atoms with E-state index in [9.17, 15) is 31.1 Å². The predicted molar refractivity (Wildman–Crippen MR) is 53.2 cm³/mol. The van der Waals surface area contributed by atoms with E-state index >= 15 is 0 Å². The van der Waals surface area contributed by atoms with Crippen molar-refractivity contribution in [1.29, 1.82) is 0 Å². The molecule has 0 N–H and O–H groups in total. The van der Waals surface area contributed by atoms with Gasteiger partial charge >= 0.3 is 12.4 Å². The molecule has 0 fully saturated rings. The third kappa shape index (κ3) is 4.91. The smallest absolute Gasteiger partial charge is 0.341 e. The van der Waals surface area contributed by atoms with E-state index in [1.807, 2.05) is 0 Å². The van der Waals surface area contributed by atoms with Gasteiger partial charge in [0.05, 0.1) is 0 Å². The Morgan fingerprint density at radius 1 is 1.11 bits per heavy atom. The van der Waals surface area contributed by atoms with E-state index in [2.05, 4.69) is 0 Å². The van der Waals surface area contributed by atoms with Gasteiger partial charge in [-0.2, -0.15) is 26.3 Å². The molecule has 0 radical (unpaired) electrons. The van der Waals surface area contributed by atoms with Gasteiger partial charge in [0.25, 0.3) is 0 Å². The van der Waals surface area contributed by atoms with Crippen LogP contribution < -0.4 is 0 Å². The molecule has 0 spiro atoms. The van der Waals surface area contributed by atoms with Crippen LogP contribution in [0.1, 0.15) is 13.3 Å². The van der Waals surface area contributed by atoms with E-state index in [4.69, 9.17) is 11.6 Å². The van der Waals surface area contributed by atoms with Gasteiger partial charge in [-0.3, -0.25) is 4.79 Å². The van der Waals surface area contributed by atoms with E-state index in [0.717, 1.165) is 0 Å². The summed E-state index contributed by atoms with van der Waals surface area (Å²) in [5.74, 6) is -6.22. The minimum absolute atomic E-state index is 0.200. The molecule has 0 heterocycles. The maximum absolute atomic E-state index is 12.3. The quantitative estimate of drug-likeness (QED) is 0.564. The molecule has 0 unspecified atom stereocenters. The third-order valence-corrected chi connectivity index (χ3v) is 2.23. The van der Waals surface area contributed by atoms with Crippen LogP contribution in [0.15, 0.2) is 0 Å². The van der Waals surface area contributed by atoms with Crippen LogP contribution in [0, 0.1) is 5.92 Å². The Labute approximate surface area is 105 Å². The predicted octanol–water partition coefficient (Wildman–Crippen LogP) is 3.20. The topological polar surface area (TPSA) is 20.3 Å². The third-order valence-electron chi connectivity index (χ3n) is 2.06. The van der Waals surface area contributed by atoms with Gasteiger partial charge < -0.3 is 4.90 Å². The Morgan fingerprint density at radius 2 is 1.56 bits per heavy atom. The van der Waals surface area contributed by atoms with E-state index < -0.39 is 24.2 Å². The van der Waals surface area contributed by atoms with Crippen LogP contribution in [0.5, 0.6) is 0 Å². The van der Waals surface area contributed by atoms with Gasteiger partial charge in [0.15, 0.2) is 0 Å². The second-order valence-corrected chi connectivity index (χ2v) is 3.91. The number of hydrogen-bond acceptors (Lipinski definition) is 1. The molecule has 0 aromatic rings. The number of nitrogens with zero attached hydrogens (tertiary/aromatic N) is 1. The van der Waals surface area contributed by atoms with Crippen molar-refractivity contribution < 1.29 is 31.1 Å². The number of rotatable bonds is 5. The standard InChI is InChI=1S/C9H12ClF6NO/c1-2-4-17(5-3-10)7(18)6(8(11,12)13)9(14,15)16/h6H,2-5H2,1H3. The lowest BCUT2D eigenvalue weighted by molar-refractivity contribution is -0.277. The van der Waals surface area contributed by atoms with Crippen molar-refractivity contribution >= 4 is 17.5 Å². The molecular weight excluding hydrogens is 288 g/mol. The Morgan fingerprint density at radius 3 is 1.83 bits per heavy atom. The van der Waals surface area contributed by atoms with E-state index in [1.165, 1.54) is 6.92 Å². The highest BCUT2D eigenvalue weighted by atomic mass is 35.5. The summed E-state index contributed by atoms with van der Waals surface area (Å²) >= 11 is 5.25. The zero-order valence-electron chi connectivity index (χ0n) is 9.41. The molecule has 0 saturated heterocycles. The maximum Gasteiger partial charge on any atom is 0.409 e. The fourth-order valence-electron chi connectivity index (χ4n) is 1.35. The summed E-state index contributed by atoms with van der Waals surface area (Å²) in [5.41, 5.74) is 0. The summed E-state index contributed by atoms with van der Waals surface area (Å²) in [5, 5.41) is 0. The minimum Gasteiger partial charge on any atom is -0.341 e. The van der Waals surface area contributed by atoms with Gasteiger partial charge in [-0.05, 0) is 6.42 Å². The minimum atomic E-state index is -5.66. The summed E-state index contributed by atoms with van der Waals surface area (Å²) in [7, 11) is 0. The molecule has 2 nitrogen and oxygen atoms in total. The number of halogens is 7. The number of amides is 1.